The summed E-state index contributed by atoms with van der Waals surface area (Å²) < 4.78 is 9.70. The van der Waals surface area contributed by atoms with Crippen LogP contribution in [0.2, 0.25) is 0 Å². The molecule has 3 unspecified atom stereocenters. The number of amides is 2. The fourth-order valence-corrected chi connectivity index (χ4v) is 3.32. The van der Waals surface area contributed by atoms with Crippen molar-refractivity contribution < 1.29 is 33.8 Å². The highest BCUT2D eigenvalue weighted by Gasteiger charge is 2.21. The Bertz CT molecular complexity index is 583. The first kappa shape index (κ1) is 26.9. The second-order valence-electron chi connectivity index (χ2n) is 6.69. The van der Waals surface area contributed by atoms with E-state index in [4.69, 9.17) is 9.47 Å². The molecule has 0 aliphatic rings. The number of aliphatic hydroxyl groups is 1. The molecule has 0 radical (unpaired) electrons. The fourth-order valence-electron chi connectivity index (χ4n) is 2.27. The van der Waals surface area contributed by atoms with Crippen molar-refractivity contribution in [2.24, 2.45) is 5.92 Å². The standard InChI is InChI=1S/C19H32N2O7S/c1-12(2)19(26)28-10-16(23)9-27-17(24)6-7-29-11-15(18(25)20-5)8-13(3)21-14(4)22/h13,15-16,23H,1,6-11H2,2-5H3,(H,20,25)(H,21,22). The lowest BCUT2D eigenvalue weighted by atomic mass is 10.0. The topological polar surface area (TPSA) is 131 Å². The Balaban J connectivity index is 4.13. The van der Waals surface area contributed by atoms with Gasteiger partial charge < -0.3 is 25.2 Å². The van der Waals surface area contributed by atoms with E-state index in [9.17, 15) is 24.3 Å². The van der Waals surface area contributed by atoms with Crippen LogP contribution in [0.25, 0.3) is 0 Å². The summed E-state index contributed by atoms with van der Waals surface area (Å²) in [5.74, 6) is -0.744. The summed E-state index contributed by atoms with van der Waals surface area (Å²) in [5.41, 5.74) is 0.216. The molecule has 0 fully saturated rings. The molecule has 3 atom stereocenters. The first-order valence-corrected chi connectivity index (χ1v) is 10.4. The van der Waals surface area contributed by atoms with Crippen molar-refractivity contribution in [3.8, 4) is 0 Å². The molecule has 9 nitrogen and oxygen atoms in total. The van der Waals surface area contributed by atoms with Crippen LogP contribution in [-0.4, -0.2) is 72.8 Å². The van der Waals surface area contributed by atoms with E-state index in [2.05, 4.69) is 17.2 Å². The van der Waals surface area contributed by atoms with Crippen LogP contribution in [0.5, 0.6) is 0 Å². The van der Waals surface area contributed by atoms with Crippen molar-refractivity contribution in [3.05, 3.63) is 12.2 Å². The summed E-state index contributed by atoms with van der Waals surface area (Å²) in [4.78, 5) is 46.0. The average Bonchev–Trinajstić information content (AvgIpc) is 2.65. The minimum Gasteiger partial charge on any atom is -0.463 e. The van der Waals surface area contributed by atoms with E-state index in [0.29, 0.717) is 17.9 Å². The van der Waals surface area contributed by atoms with E-state index in [0.717, 1.165) is 0 Å². The lowest BCUT2D eigenvalue weighted by molar-refractivity contribution is -0.150. The monoisotopic (exact) mass is 432 g/mol. The number of rotatable bonds is 14. The van der Waals surface area contributed by atoms with Crippen molar-refractivity contribution >= 4 is 35.5 Å². The molecule has 166 valence electrons. The zero-order chi connectivity index (χ0) is 22.4. The van der Waals surface area contributed by atoms with Gasteiger partial charge in [0.2, 0.25) is 11.8 Å². The van der Waals surface area contributed by atoms with Gasteiger partial charge in [-0.3, -0.25) is 14.4 Å². The molecular formula is C19H32N2O7S. The molecule has 0 rings (SSSR count). The molecule has 0 saturated carbocycles. The molecule has 0 aromatic rings. The quantitative estimate of drug-likeness (QED) is 0.204. The minimum atomic E-state index is -1.11. The number of carbonyl (C=O) groups excluding carboxylic acids is 4. The zero-order valence-electron chi connectivity index (χ0n) is 17.5. The largest absolute Gasteiger partial charge is 0.463 e. The molecule has 0 aromatic carbocycles. The van der Waals surface area contributed by atoms with Gasteiger partial charge in [-0.25, -0.2) is 4.79 Å². The van der Waals surface area contributed by atoms with E-state index in [1.165, 1.54) is 25.6 Å². The van der Waals surface area contributed by atoms with Gasteiger partial charge in [-0.2, -0.15) is 11.8 Å². The first-order chi connectivity index (χ1) is 13.6. The van der Waals surface area contributed by atoms with Gasteiger partial charge in [0, 0.05) is 43.0 Å². The van der Waals surface area contributed by atoms with Gasteiger partial charge in [0.15, 0.2) is 0 Å². The van der Waals surface area contributed by atoms with Crippen LogP contribution >= 0.6 is 11.8 Å². The van der Waals surface area contributed by atoms with Gasteiger partial charge in [0.1, 0.15) is 19.3 Å². The smallest absolute Gasteiger partial charge is 0.333 e. The molecule has 0 bridgehead atoms. The lowest BCUT2D eigenvalue weighted by Gasteiger charge is -2.20. The van der Waals surface area contributed by atoms with Crippen molar-refractivity contribution in [1.29, 1.82) is 0 Å². The van der Waals surface area contributed by atoms with Crippen LogP contribution in [0.1, 0.15) is 33.6 Å². The molecule has 29 heavy (non-hydrogen) atoms. The first-order valence-electron chi connectivity index (χ1n) is 9.29. The molecule has 0 heterocycles. The second kappa shape index (κ2) is 14.9. The van der Waals surface area contributed by atoms with Crippen LogP contribution in [0.15, 0.2) is 12.2 Å². The number of thioether (sulfide) groups is 1. The van der Waals surface area contributed by atoms with E-state index in [1.807, 2.05) is 6.92 Å². The van der Waals surface area contributed by atoms with Crippen LogP contribution in [0.4, 0.5) is 0 Å². The van der Waals surface area contributed by atoms with Gasteiger partial charge in [-0.05, 0) is 20.3 Å². The number of aliphatic hydroxyl groups excluding tert-OH is 1. The second-order valence-corrected chi connectivity index (χ2v) is 7.84. The number of carbonyl (C=O) groups is 4. The number of esters is 2. The van der Waals surface area contributed by atoms with E-state index in [1.54, 1.807) is 7.05 Å². The number of hydrogen-bond acceptors (Lipinski definition) is 8. The van der Waals surface area contributed by atoms with Crippen LogP contribution in [-0.2, 0) is 28.7 Å². The maximum Gasteiger partial charge on any atom is 0.333 e. The summed E-state index contributed by atoms with van der Waals surface area (Å²) in [7, 11) is 1.55. The van der Waals surface area contributed by atoms with Crippen molar-refractivity contribution in [2.75, 3.05) is 31.8 Å². The van der Waals surface area contributed by atoms with Gasteiger partial charge >= 0.3 is 11.9 Å². The number of hydrogen-bond donors (Lipinski definition) is 3. The third-order valence-corrected chi connectivity index (χ3v) is 4.80. The zero-order valence-corrected chi connectivity index (χ0v) is 18.3. The average molecular weight is 433 g/mol. The Morgan fingerprint density at radius 2 is 1.76 bits per heavy atom. The molecular weight excluding hydrogens is 400 g/mol. The Morgan fingerprint density at radius 1 is 1.14 bits per heavy atom. The minimum absolute atomic E-state index is 0.116. The van der Waals surface area contributed by atoms with E-state index in [-0.39, 0.29) is 49.0 Å². The van der Waals surface area contributed by atoms with Crippen LogP contribution in [0.3, 0.4) is 0 Å². The lowest BCUT2D eigenvalue weighted by Crippen LogP contribution is -2.37. The molecule has 3 N–H and O–H groups in total. The molecule has 0 saturated heterocycles. The van der Waals surface area contributed by atoms with Crippen molar-refractivity contribution in [2.45, 2.75) is 45.8 Å². The van der Waals surface area contributed by atoms with E-state index < -0.39 is 18.0 Å². The van der Waals surface area contributed by atoms with Gasteiger partial charge in [0.25, 0.3) is 0 Å². The van der Waals surface area contributed by atoms with Crippen molar-refractivity contribution in [1.82, 2.24) is 10.6 Å². The Morgan fingerprint density at radius 3 is 2.31 bits per heavy atom. The highest BCUT2D eigenvalue weighted by molar-refractivity contribution is 7.99. The predicted octanol–water partition coefficient (Wildman–Crippen LogP) is 0.410. The summed E-state index contributed by atoms with van der Waals surface area (Å²) in [6.45, 7) is 7.60. The third kappa shape index (κ3) is 13.7. The highest BCUT2D eigenvalue weighted by atomic mass is 32.2. The highest BCUT2D eigenvalue weighted by Crippen LogP contribution is 2.16. The molecule has 0 aliphatic carbocycles. The molecule has 0 aromatic heterocycles. The van der Waals surface area contributed by atoms with E-state index >= 15 is 0 Å². The molecule has 10 heteroatoms. The number of nitrogens with one attached hydrogen (secondary N) is 2. The van der Waals surface area contributed by atoms with Crippen LogP contribution in [0, 0.1) is 5.92 Å². The van der Waals surface area contributed by atoms with Gasteiger partial charge in [-0.15, -0.1) is 0 Å². The van der Waals surface area contributed by atoms with Crippen molar-refractivity contribution in [3.63, 3.8) is 0 Å². The molecule has 0 aliphatic heterocycles. The number of ether oxygens (including phenoxy) is 2. The Kier molecular flexibility index (Phi) is 13.8. The summed E-state index contributed by atoms with van der Waals surface area (Å²) in [5, 5.41) is 15.0. The maximum atomic E-state index is 12.0. The predicted molar refractivity (Wildman–Crippen MR) is 110 cm³/mol. The fraction of sp³-hybridized carbons (Fsp3) is 0.684. The molecule has 0 spiro atoms. The SMILES string of the molecule is C=C(C)C(=O)OCC(O)COC(=O)CCSCC(CC(C)NC(C)=O)C(=O)NC. The Labute approximate surface area is 176 Å². The van der Waals surface area contributed by atoms with Gasteiger partial charge in [-0.1, -0.05) is 6.58 Å². The molecule has 2 amide bonds. The summed E-state index contributed by atoms with van der Waals surface area (Å²) >= 11 is 1.43. The maximum absolute atomic E-state index is 12.0. The Hall–Kier alpha value is -2.07. The van der Waals surface area contributed by atoms with Crippen LogP contribution < -0.4 is 10.6 Å². The summed E-state index contributed by atoms with van der Waals surface area (Å²) in [6, 6.07) is -0.138. The summed E-state index contributed by atoms with van der Waals surface area (Å²) in [6.07, 6.45) is -0.501. The van der Waals surface area contributed by atoms with Gasteiger partial charge in [0.05, 0.1) is 6.42 Å². The third-order valence-electron chi connectivity index (χ3n) is 3.67. The normalized spacial score (nSPS) is 13.6.